The van der Waals surface area contributed by atoms with Crippen LogP contribution >= 0.6 is 0 Å². The number of phenols is 1. The molecule has 2 aromatic heterocycles. The summed E-state index contributed by atoms with van der Waals surface area (Å²) in [5, 5.41) is 16.2. The van der Waals surface area contributed by atoms with E-state index in [2.05, 4.69) is 15.3 Å². The predicted octanol–water partition coefficient (Wildman–Crippen LogP) is 4.17. The van der Waals surface area contributed by atoms with E-state index in [1.807, 2.05) is 49.4 Å². The third-order valence-electron chi connectivity index (χ3n) is 5.99. The van der Waals surface area contributed by atoms with Crippen LogP contribution in [0.5, 0.6) is 5.75 Å². The molecule has 6 rings (SSSR count). The third-order valence-corrected chi connectivity index (χ3v) is 5.99. The lowest BCUT2D eigenvalue weighted by Crippen LogP contribution is -2.21. The Bertz CT molecular complexity index is 1420. The molecule has 0 radical (unpaired) electrons. The maximum Gasteiger partial charge on any atom is 0.337 e. The highest BCUT2D eigenvalue weighted by Gasteiger charge is 2.41. The average Bonchev–Trinajstić information content (AvgIpc) is 3.15. The molecular weight excluding hydrogens is 378 g/mol. The molecule has 1 unspecified atom stereocenters. The van der Waals surface area contributed by atoms with Gasteiger partial charge in [-0.3, -0.25) is 9.97 Å². The van der Waals surface area contributed by atoms with Crippen LogP contribution in [0, 0.1) is 6.92 Å². The van der Waals surface area contributed by atoms with E-state index in [0.717, 1.165) is 44.3 Å². The molecule has 2 aliphatic rings. The van der Waals surface area contributed by atoms with Crippen molar-refractivity contribution in [2.45, 2.75) is 12.8 Å². The fourth-order valence-corrected chi connectivity index (χ4v) is 4.65. The number of anilines is 1. The zero-order valence-electron chi connectivity index (χ0n) is 16.1. The highest BCUT2D eigenvalue weighted by Crippen LogP contribution is 2.51. The lowest BCUT2D eigenvalue weighted by Gasteiger charge is -2.30. The SMILES string of the molecule is Cc1cccc(C2C3=C(COC3=O)Nc3c2c2cccnc2c2ncccc32)c1O. The lowest BCUT2D eigenvalue weighted by atomic mass is 9.78. The normalized spacial score (nSPS) is 17.6. The summed E-state index contributed by atoms with van der Waals surface area (Å²) in [6.45, 7) is 2.04. The van der Waals surface area contributed by atoms with Crippen molar-refractivity contribution in [3.8, 4) is 5.75 Å². The number of nitrogens with zero attached hydrogens (tertiary/aromatic N) is 2. The molecular formula is C24H17N3O3. The smallest absolute Gasteiger partial charge is 0.337 e. The van der Waals surface area contributed by atoms with Gasteiger partial charge in [-0.05, 0) is 36.2 Å². The minimum absolute atomic E-state index is 0.184. The molecule has 2 aliphatic heterocycles. The van der Waals surface area contributed by atoms with Crippen LogP contribution < -0.4 is 5.32 Å². The van der Waals surface area contributed by atoms with Gasteiger partial charge in [0.05, 0.1) is 28.0 Å². The Morgan fingerprint density at radius 1 is 1.03 bits per heavy atom. The number of hydrogen-bond acceptors (Lipinski definition) is 6. The van der Waals surface area contributed by atoms with Crippen molar-refractivity contribution in [1.82, 2.24) is 9.97 Å². The van der Waals surface area contributed by atoms with E-state index in [1.54, 1.807) is 12.4 Å². The fraction of sp³-hybridized carbons (Fsp3) is 0.125. The second-order valence-corrected chi connectivity index (χ2v) is 7.63. The molecule has 0 saturated carbocycles. The largest absolute Gasteiger partial charge is 0.507 e. The summed E-state index contributed by atoms with van der Waals surface area (Å²) in [6.07, 6.45) is 3.50. The van der Waals surface area contributed by atoms with Gasteiger partial charge in [-0.15, -0.1) is 0 Å². The van der Waals surface area contributed by atoms with Gasteiger partial charge in [-0.25, -0.2) is 4.79 Å². The van der Waals surface area contributed by atoms with E-state index in [-0.39, 0.29) is 18.3 Å². The van der Waals surface area contributed by atoms with E-state index in [9.17, 15) is 9.90 Å². The van der Waals surface area contributed by atoms with Gasteiger partial charge in [0.15, 0.2) is 0 Å². The van der Waals surface area contributed by atoms with Gasteiger partial charge < -0.3 is 15.2 Å². The monoisotopic (exact) mass is 395 g/mol. The summed E-state index contributed by atoms with van der Waals surface area (Å²) in [7, 11) is 0. The number of aromatic nitrogens is 2. The number of aromatic hydroxyl groups is 1. The number of carbonyl (C=O) groups excluding carboxylic acids is 1. The van der Waals surface area contributed by atoms with Crippen LogP contribution in [0.3, 0.4) is 0 Å². The maximum absolute atomic E-state index is 12.8. The molecule has 2 aromatic carbocycles. The molecule has 6 nitrogen and oxygen atoms in total. The molecule has 4 heterocycles. The Morgan fingerprint density at radius 2 is 1.77 bits per heavy atom. The van der Waals surface area contributed by atoms with Gasteiger partial charge in [-0.1, -0.05) is 24.3 Å². The van der Waals surface area contributed by atoms with Gasteiger partial charge in [0, 0.05) is 34.6 Å². The zero-order chi connectivity index (χ0) is 20.4. The lowest BCUT2D eigenvalue weighted by molar-refractivity contribution is -0.136. The molecule has 0 fully saturated rings. The minimum atomic E-state index is -0.470. The number of para-hydroxylation sites is 1. The molecule has 1 atom stereocenters. The summed E-state index contributed by atoms with van der Waals surface area (Å²) in [6, 6.07) is 13.4. The Kier molecular flexibility index (Phi) is 3.41. The number of fused-ring (bicyclic) bond motifs is 6. The molecule has 2 N–H and O–H groups in total. The van der Waals surface area contributed by atoms with Crippen molar-refractivity contribution in [2.75, 3.05) is 11.9 Å². The van der Waals surface area contributed by atoms with Gasteiger partial charge >= 0.3 is 5.97 Å². The van der Waals surface area contributed by atoms with Gasteiger partial charge in [0.25, 0.3) is 0 Å². The number of rotatable bonds is 1. The Morgan fingerprint density at radius 3 is 2.57 bits per heavy atom. The molecule has 0 amide bonds. The summed E-state index contributed by atoms with van der Waals surface area (Å²) >= 11 is 0. The number of carbonyl (C=O) groups is 1. The van der Waals surface area contributed by atoms with E-state index in [4.69, 9.17) is 4.74 Å². The van der Waals surface area contributed by atoms with Gasteiger partial charge in [-0.2, -0.15) is 0 Å². The average molecular weight is 395 g/mol. The molecule has 0 bridgehead atoms. The highest BCUT2D eigenvalue weighted by molar-refractivity contribution is 6.14. The first-order valence-corrected chi connectivity index (χ1v) is 9.76. The fourth-order valence-electron chi connectivity index (χ4n) is 4.65. The first kappa shape index (κ1) is 17.0. The van der Waals surface area contributed by atoms with E-state index in [1.165, 1.54) is 0 Å². The van der Waals surface area contributed by atoms with Crippen LogP contribution in [-0.2, 0) is 9.53 Å². The summed E-state index contributed by atoms with van der Waals surface area (Å²) in [5.41, 5.74) is 6.03. The molecule has 0 aliphatic carbocycles. The Balaban J connectivity index is 1.80. The van der Waals surface area contributed by atoms with Crippen LogP contribution in [0.15, 0.2) is 66.1 Å². The number of aryl methyl sites for hydroxylation is 1. The number of pyridine rings is 2. The van der Waals surface area contributed by atoms with Gasteiger partial charge in [0.1, 0.15) is 12.4 Å². The highest BCUT2D eigenvalue weighted by atomic mass is 16.5. The van der Waals surface area contributed by atoms with Crippen molar-refractivity contribution >= 4 is 33.5 Å². The van der Waals surface area contributed by atoms with Crippen molar-refractivity contribution in [3.05, 3.63) is 82.8 Å². The zero-order valence-corrected chi connectivity index (χ0v) is 16.1. The predicted molar refractivity (Wildman–Crippen MR) is 113 cm³/mol. The number of benzene rings is 2. The van der Waals surface area contributed by atoms with Crippen LogP contribution in [0.4, 0.5) is 5.69 Å². The molecule has 4 aromatic rings. The first-order chi connectivity index (χ1) is 14.6. The molecule has 6 heteroatoms. The Labute approximate surface area is 171 Å². The minimum Gasteiger partial charge on any atom is -0.507 e. The summed E-state index contributed by atoms with van der Waals surface area (Å²) in [4.78, 5) is 22.0. The van der Waals surface area contributed by atoms with Crippen molar-refractivity contribution < 1.29 is 14.6 Å². The first-order valence-electron chi connectivity index (χ1n) is 9.76. The van der Waals surface area contributed by atoms with Crippen LogP contribution in [0.25, 0.3) is 21.8 Å². The number of esters is 1. The summed E-state index contributed by atoms with van der Waals surface area (Å²) in [5.74, 6) is -0.648. The number of cyclic esters (lactones) is 1. The van der Waals surface area contributed by atoms with Crippen molar-refractivity contribution in [2.24, 2.45) is 0 Å². The topological polar surface area (TPSA) is 84.3 Å². The molecule has 30 heavy (non-hydrogen) atoms. The number of ether oxygens (including phenoxy) is 1. The van der Waals surface area contributed by atoms with Crippen molar-refractivity contribution in [3.63, 3.8) is 0 Å². The number of phenolic OH excluding ortho intramolecular Hbond substituents is 1. The molecule has 146 valence electrons. The van der Waals surface area contributed by atoms with E-state index < -0.39 is 5.92 Å². The van der Waals surface area contributed by atoms with E-state index >= 15 is 0 Å². The number of nitrogens with one attached hydrogen (secondary N) is 1. The second kappa shape index (κ2) is 6.03. The second-order valence-electron chi connectivity index (χ2n) is 7.63. The van der Waals surface area contributed by atoms with Crippen molar-refractivity contribution in [1.29, 1.82) is 0 Å². The standard InChI is InChI=1S/C24H17N3O3/c1-12-5-2-6-14(23(12)28)17-18-13-7-3-9-25-21(13)22-15(8-4-10-26-22)20(18)27-16-11-30-24(29)19(16)17/h2-10,17,27-28H,11H2,1H3. The Hall–Kier alpha value is -3.93. The number of hydrogen-bond donors (Lipinski definition) is 2. The summed E-state index contributed by atoms with van der Waals surface area (Å²) < 4.78 is 5.39. The maximum atomic E-state index is 12.8. The van der Waals surface area contributed by atoms with E-state index in [0.29, 0.717) is 11.1 Å². The van der Waals surface area contributed by atoms with Crippen LogP contribution in [-0.4, -0.2) is 27.7 Å². The van der Waals surface area contributed by atoms with Crippen LogP contribution in [0.2, 0.25) is 0 Å². The van der Waals surface area contributed by atoms with Gasteiger partial charge in [0.2, 0.25) is 0 Å². The third kappa shape index (κ3) is 2.16. The molecule has 0 spiro atoms. The quantitative estimate of drug-likeness (QED) is 0.372. The molecule has 0 saturated heterocycles. The van der Waals surface area contributed by atoms with Crippen LogP contribution in [0.1, 0.15) is 22.6 Å².